The molecular weight excluding hydrogens is 546 g/mol. The van der Waals surface area contributed by atoms with E-state index in [0.29, 0.717) is 5.92 Å². The van der Waals surface area contributed by atoms with Gasteiger partial charge in [-0.1, -0.05) is 98.8 Å². The first-order valence-electron chi connectivity index (χ1n) is 15.7. The van der Waals surface area contributed by atoms with Crippen LogP contribution in [0.5, 0.6) is 0 Å². The van der Waals surface area contributed by atoms with Crippen molar-refractivity contribution in [3.05, 3.63) is 151 Å². The summed E-state index contributed by atoms with van der Waals surface area (Å²) in [6.07, 6.45) is 4.80. The van der Waals surface area contributed by atoms with Gasteiger partial charge in [0.1, 0.15) is 0 Å². The van der Waals surface area contributed by atoms with E-state index in [9.17, 15) is 0 Å². The molecule has 3 aromatic heterocycles. The predicted octanol–water partition coefficient (Wildman–Crippen LogP) is 10.9. The molecule has 0 spiro atoms. The van der Waals surface area contributed by atoms with E-state index in [1.54, 1.807) is 0 Å². The average molecular weight is 580 g/mol. The fourth-order valence-electron chi connectivity index (χ4n) is 6.69. The summed E-state index contributed by atoms with van der Waals surface area (Å²) >= 11 is 0. The second kappa shape index (κ2) is 11.2. The number of nitrogens with zero attached hydrogens (tertiary/aromatic N) is 3. The summed E-state index contributed by atoms with van der Waals surface area (Å²) < 4.78 is 2.43. The molecule has 5 aromatic carbocycles. The molecule has 8 aromatic rings. The first-order valence-corrected chi connectivity index (χ1v) is 15.7. The normalized spacial score (nSPS) is 11.6. The maximum absolute atomic E-state index is 4.87. The van der Waals surface area contributed by atoms with Gasteiger partial charge in [-0.25, -0.2) is 0 Å². The molecule has 0 saturated carbocycles. The molecule has 0 radical (unpaired) electrons. The Morgan fingerprint density at radius 3 is 2.27 bits per heavy atom. The monoisotopic (exact) mass is 579 g/mol. The van der Waals surface area contributed by atoms with Crippen molar-refractivity contribution in [1.29, 1.82) is 0 Å². The molecule has 3 heteroatoms. The van der Waals surface area contributed by atoms with Gasteiger partial charge in [0.25, 0.3) is 0 Å². The second-order valence-corrected chi connectivity index (χ2v) is 12.2. The molecule has 0 N–H and O–H groups in total. The quantitative estimate of drug-likeness (QED) is 0.196. The van der Waals surface area contributed by atoms with Crippen LogP contribution < -0.4 is 0 Å². The highest BCUT2D eigenvalue weighted by Crippen LogP contribution is 2.37. The molecule has 0 atom stereocenters. The van der Waals surface area contributed by atoms with Crippen LogP contribution in [0.25, 0.3) is 71.9 Å². The van der Waals surface area contributed by atoms with Gasteiger partial charge < -0.3 is 4.57 Å². The molecule has 8 rings (SSSR count). The van der Waals surface area contributed by atoms with Crippen molar-refractivity contribution in [3.63, 3.8) is 0 Å². The van der Waals surface area contributed by atoms with Crippen LogP contribution >= 0.6 is 0 Å². The highest BCUT2D eigenvalue weighted by atomic mass is 15.0. The fraction of sp³-hybridized carbons (Fsp3) is 0.0952. The van der Waals surface area contributed by atoms with Crippen molar-refractivity contribution >= 4 is 32.7 Å². The highest BCUT2D eigenvalue weighted by Gasteiger charge is 2.16. The van der Waals surface area contributed by atoms with Gasteiger partial charge in [-0.15, -0.1) is 0 Å². The summed E-state index contributed by atoms with van der Waals surface area (Å²) in [5.74, 6) is 0.528. The number of para-hydroxylation sites is 2. The van der Waals surface area contributed by atoms with Gasteiger partial charge in [-0.05, 0) is 83.1 Å². The van der Waals surface area contributed by atoms with E-state index in [-0.39, 0.29) is 0 Å². The highest BCUT2D eigenvalue weighted by molar-refractivity contribution is 6.11. The molecule has 3 heterocycles. The molecular formula is C42H33N3. The number of fused-ring (bicyclic) bond motifs is 4. The van der Waals surface area contributed by atoms with Crippen molar-refractivity contribution in [3.8, 4) is 39.2 Å². The van der Waals surface area contributed by atoms with E-state index >= 15 is 0 Å². The second-order valence-electron chi connectivity index (χ2n) is 12.2. The summed E-state index contributed by atoms with van der Waals surface area (Å²) in [5, 5.41) is 3.63. The van der Waals surface area contributed by atoms with Gasteiger partial charge in [-0.3, -0.25) is 9.97 Å². The molecule has 0 aliphatic carbocycles. The third-order valence-electron chi connectivity index (χ3n) is 8.66. The van der Waals surface area contributed by atoms with Crippen LogP contribution in [0.2, 0.25) is 0 Å². The predicted molar refractivity (Wildman–Crippen MR) is 189 cm³/mol. The van der Waals surface area contributed by atoms with E-state index in [4.69, 9.17) is 9.97 Å². The van der Waals surface area contributed by atoms with Crippen molar-refractivity contribution in [2.24, 2.45) is 5.92 Å². The van der Waals surface area contributed by atoms with Gasteiger partial charge >= 0.3 is 0 Å². The number of aromatic nitrogens is 3. The van der Waals surface area contributed by atoms with Crippen molar-refractivity contribution in [1.82, 2.24) is 14.5 Å². The van der Waals surface area contributed by atoms with Crippen LogP contribution in [0, 0.1) is 5.92 Å². The maximum atomic E-state index is 4.87. The first-order chi connectivity index (χ1) is 22.1. The zero-order valence-electron chi connectivity index (χ0n) is 25.5. The Labute approximate surface area is 263 Å². The van der Waals surface area contributed by atoms with Gasteiger partial charge in [0, 0.05) is 45.4 Å². The topological polar surface area (TPSA) is 30.7 Å². The van der Waals surface area contributed by atoms with Crippen LogP contribution in [0.15, 0.2) is 146 Å². The van der Waals surface area contributed by atoms with E-state index in [1.165, 1.54) is 38.5 Å². The SMILES string of the molecule is CC(C)Cc1cc(-c2cc(-c3ccccc3)ccn2)cc(-n2c3ccccc3c3ccc(-c4cccc5cccnc45)cc32)c1. The fourth-order valence-corrected chi connectivity index (χ4v) is 6.69. The molecule has 0 aliphatic rings. The van der Waals surface area contributed by atoms with Gasteiger partial charge in [0.05, 0.1) is 22.2 Å². The van der Waals surface area contributed by atoms with Crippen LogP contribution in [0.1, 0.15) is 19.4 Å². The standard InChI is InChI=1S/C42H33N3/c1-28(2)22-29-23-34(39-26-32(19-21-43-39)30-10-4-3-5-11-30)25-35(24-29)45-40-16-7-6-14-37(40)38-18-17-33(27-41(38)45)36-15-8-12-31-13-9-20-44-42(31)36/h3-21,23-28H,22H2,1-2H3. The van der Waals surface area contributed by atoms with Crippen LogP contribution in [-0.2, 0) is 6.42 Å². The Bertz CT molecular complexity index is 2320. The number of pyridine rings is 2. The zero-order chi connectivity index (χ0) is 30.3. The molecule has 45 heavy (non-hydrogen) atoms. The lowest BCUT2D eigenvalue weighted by atomic mass is 9.97. The third kappa shape index (κ3) is 4.97. The van der Waals surface area contributed by atoms with Crippen molar-refractivity contribution in [2.45, 2.75) is 20.3 Å². The molecule has 3 nitrogen and oxygen atoms in total. The summed E-state index contributed by atoms with van der Waals surface area (Å²) in [7, 11) is 0. The summed E-state index contributed by atoms with van der Waals surface area (Å²) in [5.41, 5.74) is 12.6. The lowest BCUT2D eigenvalue weighted by Crippen LogP contribution is -2.00. The minimum Gasteiger partial charge on any atom is -0.309 e. The lowest BCUT2D eigenvalue weighted by molar-refractivity contribution is 0.647. The van der Waals surface area contributed by atoms with Crippen molar-refractivity contribution < 1.29 is 0 Å². The Balaban J connectivity index is 1.36. The number of benzene rings is 5. The molecule has 0 aliphatic heterocycles. The van der Waals surface area contributed by atoms with Gasteiger partial charge in [-0.2, -0.15) is 0 Å². The molecule has 0 saturated heterocycles. The number of hydrogen-bond acceptors (Lipinski definition) is 2. The zero-order valence-corrected chi connectivity index (χ0v) is 25.5. The van der Waals surface area contributed by atoms with Crippen LogP contribution in [-0.4, -0.2) is 14.5 Å². The summed E-state index contributed by atoms with van der Waals surface area (Å²) in [6.45, 7) is 4.57. The average Bonchev–Trinajstić information content (AvgIpc) is 3.42. The Morgan fingerprint density at radius 2 is 1.38 bits per heavy atom. The van der Waals surface area contributed by atoms with Gasteiger partial charge in [0.15, 0.2) is 0 Å². The van der Waals surface area contributed by atoms with Crippen LogP contribution in [0.3, 0.4) is 0 Å². The van der Waals surface area contributed by atoms with E-state index in [2.05, 4.69) is 146 Å². The Hall–Kier alpha value is -5.54. The molecule has 0 unspecified atom stereocenters. The number of rotatable bonds is 6. The molecule has 0 bridgehead atoms. The van der Waals surface area contributed by atoms with E-state index in [0.717, 1.165) is 45.4 Å². The minimum atomic E-state index is 0.528. The molecule has 0 amide bonds. The smallest absolute Gasteiger partial charge is 0.0780 e. The van der Waals surface area contributed by atoms with E-state index < -0.39 is 0 Å². The maximum Gasteiger partial charge on any atom is 0.0780 e. The molecule has 216 valence electrons. The van der Waals surface area contributed by atoms with Gasteiger partial charge in [0.2, 0.25) is 0 Å². The summed E-state index contributed by atoms with van der Waals surface area (Å²) in [4.78, 5) is 9.63. The van der Waals surface area contributed by atoms with Crippen molar-refractivity contribution in [2.75, 3.05) is 0 Å². The van der Waals surface area contributed by atoms with Crippen LogP contribution in [0.4, 0.5) is 0 Å². The molecule has 0 fully saturated rings. The minimum absolute atomic E-state index is 0.528. The Kier molecular flexibility index (Phi) is 6.72. The largest absolute Gasteiger partial charge is 0.309 e. The lowest BCUT2D eigenvalue weighted by Gasteiger charge is -2.15. The third-order valence-corrected chi connectivity index (χ3v) is 8.66. The number of hydrogen-bond donors (Lipinski definition) is 0. The summed E-state index contributed by atoms with van der Waals surface area (Å²) in [6, 6.07) is 48.0. The van der Waals surface area contributed by atoms with E-state index in [1.807, 2.05) is 18.5 Å². The Morgan fingerprint density at radius 1 is 0.556 bits per heavy atom. The first kappa shape index (κ1) is 27.0.